The zero-order chi connectivity index (χ0) is 17.1. The van der Waals surface area contributed by atoms with Crippen molar-refractivity contribution in [2.75, 3.05) is 36.4 Å². The lowest BCUT2D eigenvalue weighted by Gasteiger charge is -2.34. The van der Waals surface area contributed by atoms with Crippen molar-refractivity contribution < 1.29 is 9.72 Å². The van der Waals surface area contributed by atoms with Gasteiger partial charge in [0.1, 0.15) is 5.69 Å². The molecule has 2 aliphatic rings. The minimum Gasteiger partial charge on any atom is -0.384 e. The van der Waals surface area contributed by atoms with Crippen molar-refractivity contribution in [2.24, 2.45) is 5.92 Å². The number of rotatable bonds is 5. The van der Waals surface area contributed by atoms with Gasteiger partial charge in [-0.25, -0.2) is 0 Å². The van der Waals surface area contributed by atoms with Gasteiger partial charge in [-0.3, -0.25) is 14.9 Å². The minimum atomic E-state index is -0.311. The van der Waals surface area contributed by atoms with E-state index in [2.05, 4.69) is 10.6 Å². The molecular weight excluding hydrogens is 308 g/mol. The molecule has 24 heavy (non-hydrogen) atoms. The van der Waals surface area contributed by atoms with Crippen LogP contribution in [0, 0.1) is 16.0 Å². The van der Waals surface area contributed by atoms with E-state index in [1.807, 2.05) is 11.8 Å². The zero-order valence-corrected chi connectivity index (χ0v) is 14.0. The topological polar surface area (TPSA) is 87.5 Å². The first kappa shape index (κ1) is 16.5. The fraction of sp³-hybridized carbons (Fsp3) is 0.588. The van der Waals surface area contributed by atoms with Crippen LogP contribution in [0.5, 0.6) is 0 Å². The van der Waals surface area contributed by atoms with E-state index >= 15 is 0 Å². The number of fused-ring (bicyclic) bond motifs is 1. The molecule has 0 aromatic heterocycles. The maximum atomic E-state index is 12.3. The van der Waals surface area contributed by atoms with Crippen molar-refractivity contribution in [1.29, 1.82) is 0 Å². The van der Waals surface area contributed by atoms with Crippen LogP contribution >= 0.6 is 0 Å². The highest BCUT2D eigenvalue weighted by Crippen LogP contribution is 2.41. The first-order valence-electron chi connectivity index (χ1n) is 8.68. The van der Waals surface area contributed by atoms with Crippen molar-refractivity contribution in [1.82, 2.24) is 5.32 Å². The number of hydrogen-bond acceptors (Lipinski definition) is 5. The molecule has 2 heterocycles. The van der Waals surface area contributed by atoms with Gasteiger partial charge in [0.2, 0.25) is 5.91 Å². The van der Waals surface area contributed by atoms with Crippen LogP contribution in [0.2, 0.25) is 0 Å². The molecule has 1 atom stereocenters. The molecule has 2 aliphatic heterocycles. The Bertz CT molecular complexity index is 647. The maximum absolute atomic E-state index is 12.3. The molecule has 3 rings (SSSR count). The summed E-state index contributed by atoms with van der Waals surface area (Å²) < 4.78 is 0. The lowest BCUT2D eigenvalue weighted by Crippen LogP contribution is -2.43. The number of carbonyl (C=O) groups is 1. The molecule has 7 heteroatoms. The van der Waals surface area contributed by atoms with Crippen LogP contribution in [0.15, 0.2) is 12.1 Å². The number of benzene rings is 1. The highest BCUT2D eigenvalue weighted by molar-refractivity contribution is 5.82. The highest BCUT2D eigenvalue weighted by atomic mass is 16.6. The van der Waals surface area contributed by atoms with E-state index in [-0.39, 0.29) is 22.4 Å². The first-order valence-corrected chi connectivity index (χ1v) is 8.68. The Morgan fingerprint density at radius 1 is 1.50 bits per heavy atom. The number of nitro benzene ring substituents is 1. The van der Waals surface area contributed by atoms with Gasteiger partial charge < -0.3 is 15.5 Å². The summed E-state index contributed by atoms with van der Waals surface area (Å²) in [6, 6.07) is 3.37. The molecule has 1 aromatic rings. The lowest BCUT2D eigenvalue weighted by molar-refractivity contribution is -0.384. The molecule has 7 nitrogen and oxygen atoms in total. The summed E-state index contributed by atoms with van der Waals surface area (Å²) in [7, 11) is 0. The number of hydrogen-bond donors (Lipinski definition) is 2. The van der Waals surface area contributed by atoms with Crippen LogP contribution in [0.3, 0.4) is 0 Å². The van der Waals surface area contributed by atoms with E-state index in [1.165, 1.54) is 0 Å². The summed E-state index contributed by atoms with van der Waals surface area (Å²) in [4.78, 5) is 25.5. The number of anilines is 2. The number of piperidine rings is 1. The van der Waals surface area contributed by atoms with Crippen LogP contribution in [0.25, 0.3) is 0 Å². The van der Waals surface area contributed by atoms with Gasteiger partial charge in [0.25, 0.3) is 5.69 Å². The maximum Gasteiger partial charge on any atom is 0.292 e. The van der Waals surface area contributed by atoms with Crippen LogP contribution in [-0.2, 0) is 11.2 Å². The van der Waals surface area contributed by atoms with Crippen LogP contribution < -0.4 is 15.5 Å². The fourth-order valence-electron chi connectivity index (χ4n) is 3.65. The Balaban J connectivity index is 1.87. The van der Waals surface area contributed by atoms with Gasteiger partial charge in [-0.15, -0.1) is 0 Å². The quantitative estimate of drug-likeness (QED) is 0.638. The second kappa shape index (κ2) is 7.07. The number of nitro groups is 1. The number of amides is 1. The van der Waals surface area contributed by atoms with Crippen molar-refractivity contribution in [3.8, 4) is 0 Å². The van der Waals surface area contributed by atoms with Crippen molar-refractivity contribution in [3.63, 3.8) is 0 Å². The van der Waals surface area contributed by atoms with Crippen molar-refractivity contribution in [3.05, 3.63) is 27.8 Å². The Hall–Kier alpha value is -2.31. The zero-order valence-electron chi connectivity index (χ0n) is 14.0. The molecule has 1 saturated heterocycles. The third kappa shape index (κ3) is 3.16. The molecule has 1 amide bonds. The van der Waals surface area contributed by atoms with Crippen LogP contribution in [-0.4, -0.2) is 37.0 Å². The van der Waals surface area contributed by atoms with Gasteiger partial charge in [0, 0.05) is 43.5 Å². The minimum absolute atomic E-state index is 0.0647. The van der Waals surface area contributed by atoms with Gasteiger partial charge >= 0.3 is 0 Å². The molecule has 0 bridgehead atoms. The Labute approximate surface area is 141 Å². The van der Waals surface area contributed by atoms with E-state index in [1.54, 1.807) is 12.1 Å². The van der Waals surface area contributed by atoms with Gasteiger partial charge in [0.05, 0.1) is 10.8 Å². The summed E-state index contributed by atoms with van der Waals surface area (Å²) in [5.41, 5.74) is 2.84. The number of nitrogens with zero attached hydrogens (tertiary/aromatic N) is 2. The highest BCUT2D eigenvalue weighted by Gasteiger charge is 2.32. The molecule has 0 saturated carbocycles. The van der Waals surface area contributed by atoms with Gasteiger partial charge in [0.15, 0.2) is 0 Å². The molecule has 0 aliphatic carbocycles. The van der Waals surface area contributed by atoms with Crippen molar-refractivity contribution >= 4 is 23.0 Å². The average molecular weight is 332 g/mol. The molecule has 1 aromatic carbocycles. The predicted molar refractivity (Wildman–Crippen MR) is 93.5 cm³/mol. The summed E-state index contributed by atoms with van der Waals surface area (Å²) >= 11 is 0. The normalized spacial score (nSPS) is 19.5. The van der Waals surface area contributed by atoms with Crippen molar-refractivity contribution in [2.45, 2.75) is 32.6 Å². The number of nitrogens with one attached hydrogen (secondary N) is 2. The van der Waals surface area contributed by atoms with Gasteiger partial charge in [-0.1, -0.05) is 6.92 Å². The van der Waals surface area contributed by atoms with E-state index in [0.29, 0.717) is 18.8 Å². The number of carbonyl (C=O) groups excluding carboxylic acids is 1. The average Bonchev–Trinajstić information content (AvgIpc) is 3.07. The summed E-state index contributed by atoms with van der Waals surface area (Å²) in [6.45, 7) is 4.82. The molecule has 0 spiro atoms. The molecule has 1 unspecified atom stereocenters. The molecule has 1 fully saturated rings. The van der Waals surface area contributed by atoms with E-state index < -0.39 is 0 Å². The Morgan fingerprint density at radius 3 is 3.08 bits per heavy atom. The second-order valence-electron chi connectivity index (χ2n) is 6.47. The third-order valence-corrected chi connectivity index (χ3v) is 4.81. The summed E-state index contributed by atoms with van der Waals surface area (Å²) in [5.74, 6) is -0.0370. The smallest absolute Gasteiger partial charge is 0.292 e. The Morgan fingerprint density at radius 2 is 2.33 bits per heavy atom. The van der Waals surface area contributed by atoms with E-state index in [4.69, 9.17) is 0 Å². The molecule has 130 valence electrons. The predicted octanol–water partition coefficient (Wildman–Crippen LogP) is 2.31. The largest absolute Gasteiger partial charge is 0.384 e. The molecule has 0 radical (unpaired) electrons. The fourth-order valence-corrected chi connectivity index (χ4v) is 3.65. The van der Waals surface area contributed by atoms with Gasteiger partial charge in [-0.2, -0.15) is 0 Å². The van der Waals surface area contributed by atoms with E-state index in [9.17, 15) is 14.9 Å². The Kier molecular flexibility index (Phi) is 4.87. The van der Waals surface area contributed by atoms with Gasteiger partial charge in [-0.05, 0) is 31.7 Å². The summed E-state index contributed by atoms with van der Waals surface area (Å²) in [5, 5.41) is 17.7. The molecular formula is C17H24N4O3. The summed E-state index contributed by atoms with van der Waals surface area (Å²) in [6.07, 6.45) is 3.41. The van der Waals surface area contributed by atoms with Crippen LogP contribution in [0.1, 0.15) is 31.7 Å². The standard InChI is InChI=1S/C17H24N4O3/c1-2-8-19-17(22)12-4-3-10-20(11-12)16-13-7-9-18-14(13)5-6-15(16)21(23)24/h5-6,12,18H,2-4,7-11H2,1H3,(H,19,22). The lowest BCUT2D eigenvalue weighted by atomic mass is 9.95. The first-order chi connectivity index (χ1) is 11.6. The van der Waals surface area contributed by atoms with Crippen LogP contribution in [0.4, 0.5) is 17.1 Å². The monoisotopic (exact) mass is 332 g/mol. The van der Waals surface area contributed by atoms with E-state index in [0.717, 1.165) is 50.0 Å². The second-order valence-corrected chi connectivity index (χ2v) is 6.47. The molecule has 2 N–H and O–H groups in total. The third-order valence-electron chi connectivity index (χ3n) is 4.81. The SMILES string of the molecule is CCCNC(=O)C1CCCN(c2c([N+](=O)[O-])ccc3c2CCN3)C1.